The summed E-state index contributed by atoms with van der Waals surface area (Å²) in [5.74, 6) is 0.240. The zero-order valence-electron chi connectivity index (χ0n) is 14.5. The molecule has 9 heteroatoms. The van der Waals surface area contributed by atoms with E-state index < -0.39 is 5.41 Å². The molecule has 8 nitrogen and oxygen atoms in total. The van der Waals surface area contributed by atoms with Gasteiger partial charge >= 0.3 is 0 Å². The second-order valence-electron chi connectivity index (χ2n) is 6.99. The molecule has 0 aliphatic carbocycles. The maximum atomic E-state index is 12.9. The Bertz CT molecular complexity index is 1270. The summed E-state index contributed by atoms with van der Waals surface area (Å²) in [5, 5.41) is 16.5. The highest BCUT2D eigenvalue weighted by Crippen LogP contribution is 2.17. The summed E-state index contributed by atoms with van der Waals surface area (Å²) in [7, 11) is 0. The first-order valence-electron chi connectivity index (χ1n) is 8.08. The van der Waals surface area contributed by atoms with Gasteiger partial charge in [0, 0.05) is 28.1 Å². The van der Waals surface area contributed by atoms with Gasteiger partial charge < -0.3 is 4.98 Å². The van der Waals surface area contributed by atoms with Crippen LogP contribution in [0.2, 0.25) is 0 Å². The fourth-order valence-electron chi connectivity index (χ4n) is 2.74. The number of aromatic nitrogens is 6. The first-order valence-corrected chi connectivity index (χ1v) is 8.48. The van der Waals surface area contributed by atoms with Crippen molar-refractivity contribution in [1.82, 2.24) is 29.5 Å². The molecule has 0 atom stereocenters. The van der Waals surface area contributed by atoms with Crippen LogP contribution in [0.5, 0.6) is 0 Å². The predicted octanol–water partition coefficient (Wildman–Crippen LogP) is 2.61. The lowest BCUT2D eigenvalue weighted by Gasteiger charge is -2.16. The Labute approximate surface area is 153 Å². The largest absolute Gasteiger partial charge is 0.361 e. The van der Waals surface area contributed by atoms with E-state index >= 15 is 0 Å². The number of nitrogens with one attached hydrogen (secondary N) is 2. The van der Waals surface area contributed by atoms with E-state index in [0.717, 1.165) is 16.5 Å². The van der Waals surface area contributed by atoms with E-state index in [1.807, 2.05) is 51.2 Å². The monoisotopic (exact) mass is 367 g/mol. The quantitative estimate of drug-likeness (QED) is 0.420. The first kappa shape index (κ1) is 16.4. The van der Waals surface area contributed by atoms with Crippen LogP contribution in [0.15, 0.2) is 40.4 Å². The van der Waals surface area contributed by atoms with Crippen molar-refractivity contribution in [3.05, 3.63) is 56.8 Å². The fraction of sp³-hybridized carbons (Fsp3) is 0.235. The molecule has 4 rings (SSSR count). The molecule has 0 aliphatic heterocycles. The third kappa shape index (κ3) is 2.57. The van der Waals surface area contributed by atoms with Crippen LogP contribution < -0.4 is 5.56 Å². The van der Waals surface area contributed by atoms with Gasteiger partial charge in [-0.2, -0.15) is 19.4 Å². The van der Waals surface area contributed by atoms with Crippen LogP contribution >= 0.6 is 12.2 Å². The maximum absolute atomic E-state index is 12.9. The van der Waals surface area contributed by atoms with E-state index in [0.29, 0.717) is 10.5 Å². The van der Waals surface area contributed by atoms with E-state index in [4.69, 9.17) is 12.2 Å². The van der Waals surface area contributed by atoms with Crippen molar-refractivity contribution in [3.8, 4) is 0 Å². The Hall–Kier alpha value is -3.07. The van der Waals surface area contributed by atoms with E-state index in [2.05, 4.69) is 25.4 Å². The second-order valence-corrected chi connectivity index (χ2v) is 7.38. The van der Waals surface area contributed by atoms with Crippen molar-refractivity contribution in [2.24, 2.45) is 5.10 Å². The van der Waals surface area contributed by atoms with Gasteiger partial charge in [0.1, 0.15) is 5.69 Å². The Morgan fingerprint density at radius 2 is 2.04 bits per heavy atom. The minimum Gasteiger partial charge on any atom is -0.361 e. The van der Waals surface area contributed by atoms with Crippen molar-refractivity contribution >= 4 is 35.1 Å². The van der Waals surface area contributed by atoms with Gasteiger partial charge in [0.2, 0.25) is 4.77 Å². The summed E-state index contributed by atoms with van der Waals surface area (Å²) in [4.78, 5) is 16.1. The molecule has 3 heterocycles. The lowest BCUT2D eigenvalue weighted by molar-refractivity contribution is 0.529. The van der Waals surface area contributed by atoms with E-state index in [-0.39, 0.29) is 11.3 Å². The lowest BCUT2D eigenvalue weighted by atomic mass is 9.93. The molecule has 26 heavy (non-hydrogen) atoms. The van der Waals surface area contributed by atoms with Gasteiger partial charge in [0.05, 0.1) is 6.21 Å². The topological polar surface area (TPSA) is 96.1 Å². The molecule has 0 bridgehead atoms. The summed E-state index contributed by atoms with van der Waals surface area (Å²) in [6.45, 7) is 5.75. The molecule has 0 saturated carbocycles. The molecular formula is C17H17N7OS. The van der Waals surface area contributed by atoms with Crippen LogP contribution in [0, 0.1) is 4.77 Å². The molecule has 4 aromatic rings. The SMILES string of the molecule is CC(C)(C)c1nn2c(=S)[nH]nc2n(/N=C/c2c[nH]c3ccccc23)c1=O. The van der Waals surface area contributed by atoms with Crippen molar-refractivity contribution in [1.29, 1.82) is 0 Å². The number of H-pyrrole nitrogens is 2. The van der Waals surface area contributed by atoms with Crippen LogP contribution in [-0.4, -0.2) is 35.7 Å². The Morgan fingerprint density at radius 3 is 2.81 bits per heavy atom. The molecule has 3 aromatic heterocycles. The van der Waals surface area contributed by atoms with Gasteiger partial charge in [-0.25, -0.2) is 5.10 Å². The van der Waals surface area contributed by atoms with E-state index in [9.17, 15) is 4.79 Å². The second kappa shape index (κ2) is 5.73. The van der Waals surface area contributed by atoms with E-state index in [1.165, 1.54) is 9.19 Å². The molecular weight excluding hydrogens is 350 g/mol. The van der Waals surface area contributed by atoms with Crippen LogP contribution in [0.4, 0.5) is 0 Å². The summed E-state index contributed by atoms with van der Waals surface area (Å²) in [6.07, 6.45) is 3.48. The van der Waals surface area contributed by atoms with Crippen LogP contribution in [0.1, 0.15) is 32.0 Å². The minimum atomic E-state index is -0.463. The smallest absolute Gasteiger partial charge is 0.298 e. The van der Waals surface area contributed by atoms with Crippen molar-refractivity contribution in [2.45, 2.75) is 26.2 Å². The molecule has 132 valence electrons. The molecule has 0 saturated heterocycles. The molecule has 1 aromatic carbocycles. The highest BCUT2D eigenvalue weighted by atomic mass is 32.1. The van der Waals surface area contributed by atoms with Gasteiger partial charge in [-0.1, -0.05) is 39.0 Å². The molecule has 0 radical (unpaired) electrons. The summed E-state index contributed by atoms with van der Waals surface area (Å²) < 4.78 is 2.95. The molecule has 0 fully saturated rings. The van der Waals surface area contributed by atoms with Gasteiger partial charge in [-0.05, 0) is 18.3 Å². The zero-order chi connectivity index (χ0) is 18.5. The summed E-state index contributed by atoms with van der Waals surface area (Å²) in [5.41, 5.74) is 1.44. The van der Waals surface area contributed by atoms with Gasteiger partial charge in [-0.3, -0.25) is 4.79 Å². The van der Waals surface area contributed by atoms with Crippen molar-refractivity contribution in [3.63, 3.8) is 0 Å². The van der Waals surface area contributed by atoms with E-state index in [1.54, 1.807) is 6.21 Å². The minimum absolute atomic E-state index is 0.240. The third-order valence-electron chi connectivity index (χ3n) is 4.06. The molecule has 0 amide bonds. The van der Waals surface area contributed by atoms with Crippen LogP contribution in [-0.2, 0) is 5.41 Å². The standard InChI is InChI=1S/C17H17N7OS/c1-17(2,3)13-14(25)23(15-20-21-16(26)24(15)22-13)19-9-10-8-18-12-7-5-4-6-11(10)12/h4-9,18H,1-3H3,(H,21,26)/b19-9+. The van der Waals surface area contributed by atoms with Gasteiger partial charge in [0.15, 0.2) is 0 Å². The average molecular weight is 367 g/mol. The number of para-hydroxylation sites is 1. The molecule has 0 spiro atoms. The van der Waals surface area contributed by atoms with Gasteiger partial charge in [0.25, 0.3) is 11.3 Å². The third-order valence-corrected chi connectivity index (χ3v) is 4.33. The molecule has 0 unspecified atom stereocenters. The number of benzene rings is 1. The van der Waals surface area contributed by atoms with Crippen LogP contribution in [0.3, 0.4) is 0 Å². The number of fused-ring (bicyclic) bond motifs is 2. The summed E-state index contributed by atoms with van der Waals surface area (Å²) in [6, 6.07) is 7.88. The molecule has 0 aliphatic rings. The number of hydrogen-bond donors (Lipinski definition) is 2. The first-order chi connectivity index (χ1) is 12.4. The lowest BCUT2D eigenvalue weighted by Crippen LogP contribution is -2.33. The number of hydrogen-bond acceptors (Lipinski definition) is 5. The Morgan fingerprint density at radius 1 is 1.27 bits per heavy atom. The Kier molecular flexibility index (Phi) is 3.62. The van der Waals surface area contributed by atoms with Gasteiger partial charge in [-0.15, -0.1) is 5.10 Å². The predicted molar refractivity (Wildman–Crippen MR) is 102 cm³/mol. The van der Waals surface area contributed by atoms with Crippen molar-refractivity contribution in [2.75, 3.05) is 0 Å². The Balaban J connectivity index is 1.95. The summed E-state index contributed by atoms with van der Waals surface area (Å²) >= 11 is 5.21. The number of rotatable bonds is 2. The fourth-order valence-corrected chi connectivity index (χ4v) is 2.91. The zero-order valence-corrected chi connectivity index (χ0v) is 15.3. The number of aromatic amines is 2. The highest BCUT2D eigenvalue weighted by molar-refractivity contribution is 7.71. The van der Waals surface area contributed by atoms with Crippen molar-refractivity contribution < 1.29 is 0 Å². The normalized spacial score (nSPS) is 12.6. The maximum Gasteiger partial charge on any atom is 0.298 e. The average Bonchev–Trinajstić information content (AvgIpc) is 3.17. The van der Waals surface area contributed by atoms with Crippen LogP contribution in [0.25, 0.3) is 16.7 Å². The number of nitrogens with zero attached hydrogens (tertiary/aromatic N) is 5. The highest BCUT2D eigenvalue weighted by Gasteiger charge is 2.24. The molecule has 2 N–H and O–H groups in total.